The first-order valence-electron chi connectivity index (χ1n) is 8.79. The molecule has 4 rings (SSSR count). The monoisotopic (exact) mass is 475 g/mol. The average molecular weight is 475 g/mol. The Balaban J connectivity index is 1.61. The van der Waals surface area contributed by atoms with Crippen LogP contribution in [0.1, 0.15) is 23.1 Å². The Bertz CT molecular complexity index is 1100. The number of benzene rings is 2. The molecule has 0 unspecified atom stereocenters. The van der Waals surface area contributed by atoms with E-state index in [1.54, 1.807) is 0 Å². The molecular weight excluding hydrogens is 457 g/mol. The molecule has 138 valence electrons. The zero-order chi connectivity index (χ0) is 19.0. The third-order valence-corrected chi connectivity index (χ3v) is 5.32. The molecule has 0 saturated heterocycles. The number of hydrogen-bond donors (Lipinski definition) is 1. The van der Waals surface area contributed by atoms with Gasteiger partial charge in [-0.3, -0.25) is 4.79 Å². The lowest BCUT2D eigenvalue weighted by Gasteiger charge is -2.13. The molecule has 1 amide bonds. The van der Waals surface area contributed by atoms with Crippen LogP contribution in [0.4, 0.5) is 5.69 Å². The maximum Gasteiger partial charge on any atom is 0.339 e. The van der Waals surface area contributed by atoms with Gasteiger partial charge in [-0.05, 0) is 90.2 Å². The molecule has 1 aromatic heterocycles. The second-order valence-electron chi connectivity index (χ2n) is 6.68. The number of rotatable bonds is 4. The summed E-state index contributed by atoms with van der Waals surface area (Å²) in [6.45, 7) is 1.80. The number of fused-ring (bicyclic) bond motifs is 3. The Morgan fingerprint density at radius 3 is 2.85 bits per heavy atom. The number of aryl methyl sites for hydroxylation is 2. The molecule has 0 spiro atoms. The molecule has 2 aromatic carbocycles. The van der Waals surface area contributed by atoms with Crippen LogP contribution in [-0.2, 0) is 17.6 Å². The second kappa shape index (κ2) is 7.34. The third kappa shape index (κ3) is 3.71. The van der Waals surface area contributed by atoms with Crippen molar-refractivity contribution >= 4 is 45.2 Å². The highest BCUT2D eigenvalue weighted by atomic mass is 127. The highest BCUT2D eigenvalue weighted by molar-refractivity contribution is 14.1. The molecule has 1 N–H and O–H groups in total. The fraction of sp³-hybridized carbons (Fsp3) is 0.238. The molecule has 0 bridgehead atoms. The lowest BCUT2D eigenvalue weighted by molar-refractivity contribution is -0.118. The largest absolute Gasteiger partial charge is 0.483 e. The number of halogens is 1. The van der Waals surface area contributed by atoms with Crippen molar-refractivity contribution in [3.8, 4) is 5.75 Å². The minimum atomic E-state index is -0.261. The summed E-state index contributed by atoms with van der Waals surface area (Å²) in [5.74, 6) is 0.352. The second-order valence-corrected chi connectivity index (χ2v) is 7.93. The highest BCUT2D eigenvalue weighted by Gasteiger charge is 2.22. The predicted molar refractivity (Wildman–Crippen MR) is 113 cm³/mol. The van der Waals surface area contributed by atoms with Crippen LogP contribution < -0.4 is 15.7 Å². The normalized spacial score (nSPS) is 12.8. The summed E-state index contributed by atoms with van der Waals surface area (Å²) in [5.41, 5.74) is 3.64. The van der Waals surface area contributed by atoms with Crippen molar-refractivity contribution < 1.29 is 13.9 Å². The van der Waals surface area contributed by atoms with Crippen LogP contribution in [0.2, 0.25) is 0 Å². The Kier molecular flexibility index (Phi) is 4.90. The van der Waals surface area contributed by atoms with E-state index in [0.29, 0.717) is 11.3 Å². The van der Waals surface area contributed by atoms with E-state index in [1.165, 1.54) is 0 Å². The van der Waals surface area contributed by atoms with Gasteiger partial charge in [0.2, 0.25) is 0 Å². The number of carbonyl (C=O) groups excluding carboxylic acids is 1. The Morgan fingerprint density at radius 1 is 1.22 bits per heavy atom. The summed E-state index contributed by atoms with van der Waals surface area (Å²) >= 11 is 2.20. The van der Waals surface area contributed by atoms with Crippen LogP contribution in [0.5, 0.6) is 5.75 Å². The van der Waals surface area contributed by atoms with Crippen LogP contribution in [0, 0.1) is 10.5 Å². The highest BCUT2D eigenvalue weighted by Crippen LogP contribution is 2.35. The standard InChI is InChI=1S/C21H18INO4/c1-12-8-17(26-11-19(24)23-14-5-2-4-13(22)10-14)20-15-6-3-7-16(15)21(25)27-18(20)9-12/h2,4-5,8-10H,3,6-7,11H2,1H3,(H,23,24). The zero-order valence-electron chi connectivity index (χ0n) is 14.8. The zero-order valence-corrected chi connectivity index (χ0v) is 17.0. The Hall–Kier alpha value is -2.35. The fourth-order valence-corrected chi connectivity index (χ4v) is 4.07. The summed E-state index contributed by atoms with van der Waals surface area (Å²) < 4.78 is 12.4. The van der Waals surface area contributed by atoms with Gasteiger partial charge in [-0.25, -0.2) is 4.79 Å². The Morgan fingerprint density at radius 2 is 2.04 bits per heavy atom. The molecule has 0 radical (unpaired) electrons. The Labute approximate surface area is 169 Å². The third-order valence-electron chi connectivity index (χ3n) is 4.65. The molecule has 0 aliphatic heterocycles. The number of amides is 1. The first kappa shape index (κ1) is 18.0. The SMILES string of the molecule is Cc1cc(OCC(=O)Nc2cccc(I)c2)c2c3c(c(=O)oc2c1)CCC3. The maximum atomic E-state index is 12.3. The lowest BCUT2D eigenvalue weighted by atomic mass is 10.0. The molecule has 1 heterocycles. The molecular formula is C21H18INO4. The number of anilines is 1. The van der Waals surface area contributed by atoms with Gasteiger partial charge in [0.25, 0.3) is 5.91 Å². The lowest BCUT2D eigenvalue weighted by Crippen LogP contribution is -2.20. The van der Waals surface area contributed by atoms with E-state index >= 15 is 0 Å². The van der Waals surface area contributed by atoms with E-state index in [-0.39, 0.29) is 18.1 Å². The van der Waals surface area contributed by atoms with Gasteiger partial charge in [0.15, 0.2) is 6.61 Å². The van der Waals surface area contributed by atoms with E-state index in [4.69, 9.17) is 9.15 Å². The molecule has 5 nitrogen and oxygen atoms in total. The van der Waals surface area contributed by atoms with Crippen molar-refractivity contribution in [2.24, 2.45) is 0 Å². The number of nitrogens with one attached hydrogen (secondary N) is 1. The molecule has 1 aliphatic rings. The number of hydrogen-bond acceptors (Lipinski definition) is 4. The van der Waals surface area contributed by atoms with Crippen LogP contribution in [0.3, 0.4) is 0 Å². The van der Waals surface area contributed by atoms with Gasteiger partial charge in [0, 0.05) is 14.8 Å². The van der Waals surface area contributed by atoms with Crippen molar-refractivity contribution in [3.63, 3.8) is 0 Å². The minimum Gasteiger partial charge on any atom is -0.483 e. The molecule has 3 aromatic rings. The van der Waals surface area contributed by atoms with Crippen molar-refractivity contribution in [1.82, 2.24) is 0 Å². The maximum absolute atomic E-state index is 12.3. The van der Waals surface area contributed by atoms with Gasteiger partial charge in [-0.1, -0.05) is 6.07 Å². The van der Waals surface area contributed by atoms with Gasteiger partial charge >= 0.3 is 5.63 Å². The molecule has 6 heteroatoms. The minimum absolute atomic E-state index is 0.113. The number of ether oxygens (including phenoxy) is 1. The van der Waals surface area contributed by atoms with E-state index in [0.717, 1.165) is 50.6 Å². The van der Waals surface area contributed by atoms with Crippen molar-refractivity contribution in [2.75, 3.05) is 11.9 Å². The first-order chi connectivity index (χ1) is 13.0. The van der Waals surface area contributed by atoms with Crippen LogP contribution in [-0.4, -0.2) is 12.5 Å². The molecule has 0 atom stereocenters. The average Bonchev–Trinajstić information content (AvgIpc) is 3.09. The quantitative estimate of drug-likeness (QED) is 0.454. The van der Waals surface area contributed by atoms with E-state index < -0.39 is 0 Å². The van der Waals surface area contributed by atoms with Crippen molar-refractivity contribution in [1.29, 1.82) is 0 Å². The van der Waals surface area contributed by atoms with Crippen molar-refractivity contribution in [2.45, 2.75) is 26.2 Å². The van der Waals surface area contributed by atoms with Gasteiger partial charge < -0.3 is 14.5 Å². The van der Waals surface area contributed by atoms with Gasteiger partial charge in [-0.15, -0.1) is 0 Å². The summed E-state index contributed by atoms with van der Waals surface area (Å²) in [5, 5.41) is 3.65. The van der Waals surface area contributed by atoms with Crippen LogP contribution >= 0.6 is 22.6 Å². The smallest absolute Gasteiger partial charge is 0.339 e. The van der Waals surface area contributed by atoms with Gasteiger partial charge in [-0.2, -0.15) is 0 Å². The fourth-order valence-electron chi connectivity index (χ4n) is 3.53. The topological polar surface area (TPSA) is 68.5 Å². The molecule has 27 heavy (non-hydrogen) atoms. The van der Waals surface area contributed by atoms with Crippen LogP contribution in [0.25, 0.3) is 11.0 Å². The molecule has 0 saturated carbocycles. The number of carbonyl (C=O) groups is 1. The summed E-state index contributed by atoms with van der Waals surface area (Å²) in [6, 6.07) is 11.3. The molecule has 1 aliphatic carbocycles. The van der Waals surface area contributed by atoms with E-state index in [9.17, 15) is 9.59 Å². The molecule has 0 fully saturated rings. The van der Waals surface area contributed by atoms with E-state index in [2.05, 4.69) is 27.9 Å². The van der Waals surface area contributed by atoms with Crippen molar-refractivity contribution in [3.05, 3.63) is 67.1 Å². The van der Waals surface area contributed by atoms with Gasteiger partial charge in [0.05, 0.1) is 5.39 Å². The summed E-state index contributed by atoms with van der Waals surface area (Å²) in [6.07, 6.45) is 2.49. The van der Waals surface area contributed by atoms with E-state index in [1.807, 2.05) is 43.3 Å². The summed E-state index contributed by atoms with van der Waals surface area (Å²) in [4.78, 5) is 24.5. The predicted octanol–water partition coefficient (Wildman–Crippen LogP) is 4.21. The first-order valence-corrected chi connectivity index (χ1v) is 9.86. The van der Waals surface area contributed by atoms with Gasteiger partial charge in [0.1, 0.15) is 11.3 Å². The summed E-state index contributed by atoms with van der Waals surface area (Å²) in [7, 11) is 0. The van der Waals surface area contributed by atoms with Crippen LogP contribution in [0.15, 0.2) is 45.6 Å².